The Labute approximate surface area is 463 Å². The zero-order valence-corrected chi connectivity index (χ0v) is 44.8. The summed E-state index contributed by atoms with van der Waals surface area (Å²) in [6.45, 7) is -0.600. The van der Waals surface area contributed by atoms with Gasteiger partial charge in [-0.2, -0.15) is 0 Å². The van der Waals surface area contributed by atoms with Gasteiger partial charge in [-0.1, -0.05) is 24.3 Å². The molecule has 81 heavy (non-hydrogen) atoms. The van der Waals surface area contributed by atoms with E-state index >= 15 is 0 Å². The molecule has 24 nitrogen and oxygen atoms in total. The van der Waals surface area contributed by atoms with Crippen LogP contribution < -0.4 is 37.4 Å². The van der Waals surface area contributed by atoms with Crippen LogP contribution in [0.15, 0.2) is 101 Å². The summed E-state index contributed by atoms with van der Waals surface area (Å²) < 4.78 is 76.6. The van der Waals surface area contributed by atoms with Gasteiger partial charge < -0.3 is 76.9 Å². The minimum Gasteiger partial charge on any atom is -0.493 e. The number of fused-ring (bicyclic) bond motifs is 6. The van der Waals surface area contributed by atoms with Crippen molar-refractivity contribution in [2.24, 2.45) is 17.0 Å². The van der Waals surface area contributed by atoms with Crippen LogP contribution in [0.1, 0.15) is 70.3 Å². The van der Waals surface area contributed by atoms with Crippen molar-refractivity contribution in [3.8, 4) is 40.2 Å². The van der Waals surface area contributed by atoms with Gasteiger partial charge in [-0.25, -0.2) is 4.98 Å². The van der Waals surface area contributed by atoms with E-state index in [0.717, 1.165) is 34.6 Å². The van der Waals surface area contributed by atoms with Crippen molar-refractivity contribution in [2.45, 2.75) is 82.1 Å². The van der Waals surface area contributed by atoms with Crippen molar-refractivity contribution in [3.05, 3.63) is 147 Å². The molecule has 1 saturated heterocycles. The molecule has 6 aromatic rings. The number of hydrogen-bond acceptors (Lipinski definition) is 20. The third-order valence-electron chi connectivity index (χ3n) is 14.6. The lowest BCUT2D eigenvalue weighted by atomic mass is 9.94. The number of benzene rings is 5. The number of aliphatic hydroxyl groups is 4. The summed E-state index contributed by atoms with van der Waals surface area (Å²) in [5, 5.41) is 43.7. The first-order chi connectivity index (χ1) is 39.0. The Morgan fingerprint density at radius 3 is 2.19 bits per heavy atom. The first kappa shape index (κ1) is 54.4. The highest BCUT2D eigenvalue weighted by Crippen LogP contribution is 2.41. The van der Waals surface area contributed by atoms with Gasteiger partial charge in [0.2, 0.25) is 6.29 Å². The van der Waals surface area contributed by atoms with E-state index in [1.165, 1.54) is 39.5 Å². The Morgan fingerprint density at radius 1 is 0.765 bits per heavy atom. The normalized spacial score (nSPS) is 21.7. The van der Waals surface area contributed by atoms with E-state index < -0.39 is 71.3 Å². The fraction of sp³-hybridized carbons (Fsp3) is 0.321. The van der Waals surface area contributed by atoms with Crippen molar-refractivity contribution in [1.82, 2.24) is 24.7 Å². The number of hydrogen-bond donors (Lipinski definition) is 5. The Kier molecular flexibility index (Phi) is 14.9. The summed E-state index contributed by atoms with van der Waals surface area (Å²) in [7, 11) is 0.894. The Balaban J connectivity index is 0.895. The molecule has 11 rings (SSSR count). The molecule has 0 aliphatic carbocycles. The van der Waals surface area contributed by atoms with Crippen molar-refractivity contribution < 1.29 is 80.0 Å². The quantitative estimate of drug-likeness (QED) is 0.0930. The number of ether oxygens (including phenoxy) is 6. The molecule has 1 unspecified atom stereocenters. The first-order valence-electron chi connectivity index (χ1n) is 25.6. The smallest absolute Gasteiger partial charge is 0.493 e. The minimum atomic E-state index is -5.20. The van der Waals surface area contributed by atoms with Crippen LogP contribution in [-0.4, -0.2) is 149 Å². The lowest BCUT2D eigenvalue weighted by molar-refractivity contribution is -0.277. The molecule has 422 valence electrons. The molecule has 5 aromatic carbocycles. The van der Waals surface area contributed by atoms with Gasteiger partial charge in [0.1, 0.15) is 49.5 Å². The summed E-state index contributed by atoms with van der Waals surface area (Å²) >= 11 is 0. The van der Waals surface area contributed by atoms with E-state index in [1.54, 1.807) is 58.9 Å². The molecular formula is C56H55N7O17S. The lowest BCUT2D eigenvalue weighted by Crippen LogP contribution is -2.60. The summed E-state index contributed by atoms with van der Waals surface area (Å²) in [5.74, 6) is -1.65. The number of aliphatic imine (C=N–C) groups is 2. The zero-order valence-electron chi connectivity index (χ0n) is 44.0. The van der Waals surface area contributed by atoms with Crippen molar-refractivity contribution >= 4 is 46.2 Å². The van der Waals surface area contributed by atoms with Crippen LogP contribution in [-0.2, 0) is 61.3 Å². The van der Waals surface area contributed by atoms with Gasteiger partial charge >= 0.3 is 10.4 Å². The number of imidazole rings is 1. The van der Waals surface area contributed by atoms with Gasteiger partial charge in [0.05, 0.1) is 62.2 Å². The Hall–Kier alpha value is -8.59. The van der Waals surface area contributed by atoms with Crippen LogP contribution in [0.25, 0.3) is 0 Å². The van der Waals surface area contributed by atoms with Crippen LogP contribution in [0, 0.1) is 0 Å². The van der Waals surface area contributed by atoms with Gasteiger partial charge in [0.25, 0.3) is 17.7 Å². The van der Waals surface area contributed by atoms with Gasteiger partial charge in [-0.05, 0) is 83.3 Å². The molecule has 25 heteroatoms. The van der Waals surface area contributed by atoms with E-state index in [1.807, 2.05) is 35.9 Å². The summed E-state index contributed by atoms with van der Waals surface area (Å²) in [6.07, 6.45) is -2.96. The monoisotopic (exact) mass is 1130 g/mol. The molecule has 1 fully saturated rings. The molecule has 1 aromatic heterocycles. The second kappa shape index (κ2) is 22.2. The number of rotatable bonds is 16. The number of aliphatic hydroxyl groups excluding tert-OH is 4. The summed E-state index contributed by atoms with van der Waals surface area (Å²) in [6, 6.07) is 21.8. The maximum atomic E-state index is 14.1. The first-order valence-corrected chi connectivity index (χ1v) is 26.9. The number of aromatic nitrogens is 2. The highest BCUT2D eigenvalue weighted by molar-refractivity contribution is 7.82. The number of amides is 3. The average Bonchev–Trinajstić information content (AvgIpc) is 3.74. The van der Waals surface area contributed by atoms with E-state index in [0.29, 0.717) is 52.9 Å². The largest absolute Gasteiger partial charge is 0.501 e. The molecular weight excluding hydrogens is 1070 g/mol. The lowest BCUT2D eigenvalue weighted by Gasteiger charge is -2.39. The van der Waals surface area contributed by atoms with Gasteiger partial charge in [0.15, 0.2) is 34.5 Å². The van der Waals surface area contributed by atoms with Crippen LogP contribution in [0.5, 0.6) is 40.2 Å². The van der Waals surface area contributed by atoms with Gasteiger partial charge in [-0.3, -0.25) is 24.4 Å². The average molecular weight is 1130 g/mol. The topological polar surface area (TPSA) is 301 Å². The number of nitrogens with one attached hydrogen (secondary N) is 1. The van der Waals surface area contributed by atoms with Crippen molar-refractivity contribution in [1.29, 1.82) is 0 Å². The molecule has 0 saturated carbocycles. The van der Waals surface area contributed by atoms with E-state index in [9.17, 15) is 43.2 Å². The van der Waals surface area contributed by atoms with Crippen molar-refractivity contribution in [3.63, 3.8) is 0 Å². The fourth-order valence-electron chi connectivity index (χ4n) is 10.3. The van der Waals surface area contributed by atoms with Crippen LogP contribution in [0.4, 0.5) is 5.69 Å². The molecule has 7 atom stereocenters. The van der Waals surface area contributed by atoms with Crippen molar-refractivity contribution in [2.75, 3.05) is 27.9 Å². The highest BCUT2D eigenvalue weighted by Gasteiger charge is 2.45. The molecule has 6 heterocycles. The maximum Gasteiger partial charge on any atom is 0.501 e. The third-order valence-corrected chi connectivity index (χ3v) is 15.4. The standard InChI is InChI=1S/C56H55N7O17S/c1-57-53(68)32-9-10-42(77-56-52(67)51(66)50(65)48(25-64)78-56)47(15-32)80-81(71,72)79-36-12-29(26-75-45-16-34-21-59-49-20-41-40(60-28-61(41)2)24-63(49)54(69)37(34)17-43(45)73-3)11-30(13-36)27-76-46-19-39-38(18-44(46)74-4)55(70)62-23-33-8-6-5-7-31(33)14-35(62)22-58-39/h5-13,15-19,21-22,28,35,48-52,56,64-67H,14,20,23-27H2,1-4H3,(H,57,68)/t35-,48+,49?,50-,51-,52+,56+/m0/s1. The number of methoxy groups -OCH3 is 2. The predicted molar refractivity (Wildman–Crippen MR) is 286 cm³/mol. The van der Waals surface area contributed by atoms with Crippen LogP contribution in [0.3, 0.4) is 0 Å². The maximum absolute atomic E-state index is 14.1. The third kappa shape index (κ3) is 10.8. The molecule has 3 amide bonds. The number of aryl methyl sites for hydroxylation is 1. The number of nitrogens with zero attached hydrogens (tertiary/aromatic N) is 6. The van der Waals surface area contributed by atoms with E-state index in [4.69, 9.17) is 46.8 Å². The van der Waals surface area contributed by atoms with Gasteiger partial charge in [0, 0.05) is 62.4 Å². The Bertz CT molecular complexity index is 3640. The predicted octanol–water partition coefficient (Wildman–Crippen LogP) is 3.08. The van der Waals surface area contributed by atoms with Gasteiger partial charge in [-0.15, -0.1) is 8.42 Å². The number of carbonyl (C=O) groups excluding carboxylic acids is 3. The molecule has 0 radical (unpaired) electrons. The second-order valence-corrected chi connectivity index (χ2v) is 20.8. The fourth-order valence-corrected chi connectivity index (χ4v) is 11.0. The summed E-state index contributed by atoms with van der Waals surface area (Å²) in [5.41, 5.74) is 5.98. The zero-order chi connectivity index (χ0) is 56.9. The van der Waals surface area contributed by atoms with Crippen LogP contribution in [0.2, 0.25) is 0 Å². The molecule has 5 aliphatic heterocycles. The number of carbonyl (C=O) groups is 3. The summed E-state index contributed by atoms with van der Waals surface area (Å²) in [4.78, 5) is 58.4. The van der Waals surface area contributed by atoms with Crippen LogP contribution >= 0.6 is 0 Å². The molecule has 5 aliphatic rings. The molecule has 0 spiro atoms. The second-order valence-electron chi connectivity index (χ2n) is 19.7. The highest BCUT2D eigenvalue weighted by atomic mass is 32.3. The van der Waals surface area contributed by atoms with E-state index in [2.05, 4.69) is 10.3 Å². The Morgan fingerprint density at radius 2 is 1.47 bits per heavy atom. The SMILES string of the molecule is CNC(=O)c1ccc(O[C@@H]2O[C@H](CO)[C@H](O)[C@H](O)[C@H]2O)c(OS(=O)(=O)Oc2cc(COc3cc4c(cc3OC)C(=O)N3Cc5ncn(C)c5CC3N=C4)cc(COc3cc4c(cc3OC)C(=O)N3Cc5ccccc5C[C@H]3C=N4)c2)c1. The molecule has 5 N–H and O–H groups in total. The van der Waals surface area contributed by atoms with E-state index in [-0.39, 0.29) is 71.9 Å². The molecule has 0 bridgehead atoms. The minimum absolute atomic E-state index is 0.0882.